The number of nitrogens with zero attached hydrogens (tertiary/aromatic N) is 3. The molecule has 22 heavy (non-hydrogen) atoms. The van der Waals surface area contributed by atoms with Gasteiger partial charge in [-0.3, -0.25) is 9.58 Å². The second kappa shape index (κ2) is 6.13. The van der Waals surface area contributed by atoms with Crippen LogP contribution in [0.25, 0.3) is 0 Å². The number of benzene rings is 1. The first-order valence-electron chi connectivity index (χ1n) is 7.67. The fourth-order valence-corrected chi connectivity index (χ4v) is 2.66. The topological polar surface area (TPSA) is 41.3 Å². The molecule has 1 aromatic heterocycles. The van der Waals surface area contributed by atoms with Crippen LogP contribution in [0.3, 0.4) is 0 Å². The van der Waals surface area contributed by atoms with Gasteiger partial charge < -0.3 is 5.11 Å². The van der Waals surface area contributed by atoms with Crippen molar-refractivity contribution in [3.63, 3.8) is 0 Å². The second-order valence-corrected chi connectivity index (χ2v) is 7.11. The van der Waals surface area contributed by atoms with Crippen LogP contribution in [0.1, 0.15) is 43.2 Å². The number of aromatic nitrogens is 2. The van der Waals surface area contributed by atoms with Gasteiger partial charge in [-0.05, 0) is 24.9 Å². The highest BCUT2D eigenvalue weighted by Gasteiger charge is 2.20. The highest BCUT2D eigenvalue weighted by atomic mass is 16.3. The molecule has 0 saturated carbocycles. The van der Waals surface area contributed by atoms with Crippen molar-refractivity contribution in [3.8, 4) is 5.75 Å². The molecule has 2 rings (SSSR count). The van der Waals surface area contributed by atoms with E-state index < -0.39 is 0 Å². The monoisotopic (exact) mass is 301 g/mol. The molecule has 0 amide bonds. The van der Waals surface area contributed by atoms with Crippen molar-refractivity contribution in [2.45, 2.75) is 46.2 Å². The molecule has 0 spiro atoms. The summed E-state index contributed by atoms with van der Waals surface area (Å²) in [6.07, 6.45) is 1.91. The minimum atomic E-state index is -0.0569. The van der Waals surface area contributed by atoms with E-state index >= 15 is 0 Å². The van der Waals surface area contributed by atoms with Gasteiger partial charge in [0.25, 0.3) is 0 Å². The van der Waals surface area contributed by atoms with Crippen molar-refractivity contribution >= 4 is 0 Å². The fourth-order valence-electron chi connectivity index (χ4n) is 2.66. The van der Waals surface area contributed by atoms with Gasteiger partial charge in [0.1, 0.15) is 5.75 Å². The minimum Gasteiger partial charge on any atom is -0.507 e. The Morgan fingerprint density at radius 2 is 1.82 bits per heavy atom. The van der Waals surface area contributed by atoms with E-state index in [9.17, 15) is 5.11 Å². The number of phenols is 1. The van der Waals surface area contributed by atoms with Crippen LogP contribution >= 0.6 is 0 Å². The number of aryl methyl sites for hydroxylation is 1. The molecule has 0 fully saturated rings. The van der Waals surface area contributed by atoms with Crippen molar-refractivity contribution in [1.29, 1.82) is 0 Å². The van der Waals surface area contributed by atoms with Crippen molar-refractivity contribution in [2.24, 2.45) is 7.05 Å². The largest absolute Gasteiger partial charge is 0.507 e. The Balaban J connectivity index is 2.15. The van der Waals surface area contributed by atoms with Gasteiger partial charge in [-0.2, -0.15) is 5.10 Å². The van der Waals surface area contributed by atoms with E-state index in [1.165, 1.54) is 11.3 Å². The lowest BCUT2D eigenvalue weighted by molar-refractivity contribution is 0.310. The Morgan fingerprint density at radius 1 is 1.18 bits per heavy atom. The molecule has 0 aliphatic carbocycles. The van der Waals surface area contributed by atoms with E-state index in [0.29, 0.717) is 12.3 Å². The summed E-state index contributed by atoms with van der Waals surface area (Å²) in [5, 5.41) is 14.8. The maximum absolute atomic E-state index is 10.6. The first-order valence-corrected chi connectivity index (χ1v) is 7.67. The zero-order valence-electron chi connectivity index (χ0n) is 14.5. The summed E-state index contributed by atoms with van der Waals surface area (Å²) in [6.45, 7) is 9.97. The number of hydrogen-bond acceptors (Lipinski definition) is 3. The molecule has 0 radical (unpaired) electrons. The predicted molar refractivity (Wildman–Crippen MR) is 89.9 cm³/mol. The third-order valence-corrected chi connectivity index (χ3v) is 4.15. The number of phenolic OH excluding ortho intramolecular Hbond substituents is 1. The molecule has 4 nitrogen and oxygen atoms in total. The molecule has 1 N–H and O–H groups in total. The summed E-state index contributed by atoms with van der Waals surface area (Å²) in [5.74, 6) is 0.421. The van der Waals surface area contributed by atoms with Crippen LogP contribution in [0.4, 0.5) is 0 Å². The Hall–Kier alpha value is -1.81. The standard InChI is InChI=1S/C18H27N3O/c1-13-15(10-19-21(13)6)12-20(5)11-14-8-7-9-16(17(14)22)18(2,3)4/h7-10,22H,11-12H2,1-6H3. The first-order chi connectivity index (χ1) is 10.2. The van der Waals surface area contributed by atoms with Crippen LogP contribution in [0.15, 0.2) is 24.4 Å². The molecule has 2 aromatic rings. The van der Waals surface area contributed by atoms with Crippen LogP contribution in [0.5, 0.6) is 5.75 Å². The van der Waals surface area contributed by atoms with Crippen LogP contribution in [0.2, 0.25) is 0 Å². The van der Waals surface area contributed by atoms with Crippen molar-refractivity contribution in [3.05, 3.63) is 46.8 Å². The van der Waals surface area contributed by atoms with Gasteiger partial charge in [0.05, 0.1) is 6.20 Å². The molecule has 1 heterocycles. The van der Waals surface area contributed by atoms with E-state index in [-0.39, 0.29) is 5.41 Å². The average Bonchev–Trinajstić information content (AvgIpc) is 2.72. The van der Waals surface area contributed by atoms with Gasteiger partial charge in [-0.15, -0.1) is 0 Å². The summed E-state index contributed by atoms with van der Waals surface area (Å²) in [7, 11) is 4.02. The average molecular weight is 301 g/mol. The van der Waals surface area contributed by atoms with Crippen LogP contribution in [-0.2, 0) is 25.6 Å². The number of para-hydroxylation sites is 1. The molecule has 0 saturated heterocycles. The molecule has 0 unspecified atom stereocenters. The van der Waals surface area contributed by atoms with E-state index in [1.807, 2.05) is 36.1 Å². The maximum atomic E-state index is 10.6. The number of hydrogen-bond donors (Lipinski definition) is 1. The summed E-state index contributed by atoms with van der Waals surface area (Å²) in [5.41, 5.74) is 4.31. The van der Waals surface area contributed by atoms with E-state index in [1.54, 1.807) is 0 Å². The highest BCUT2D eigenvalue weighted by molar-refractivity contribution is 5.44. The van der Waals surface area contributed by atoms with E-state index in [4.69, 9.17) is 0 Å². The second-order valence-electron chi connectivity index (χ2n) is 7.11. The van der Waals surface area contributed by atoms with Gasteiger partial charge in [-0.1, -0.05) is 39.0 Å². The fraction of sp³-hybridized carbons (Fsp3) is 0.500. The van der Waals surface area contributed by atoms with Crippen molar-refractivity contribution in [2.75, 3.05) is 7.05 Å². The Morgan fingerprint density at radius 3 is 2.36 bits per heavy atom. The Kier molecular flexibility index (Phi) is 4.61. The summed E-state index contributed by atoms with van der Waals surface area (Å²) in [6, 6.07) is 6.03. The molecule has 120 valence electrons. The normalized spacial score (nSPS) is 12.1. The quantitative estimate of drug-likeness (QED) is 0.941. The molecular formula is C18H27N3O. The minimum absolute atomic E-state index is 0.0569. The van der Waals surface area contributed by atoms with Crippen molar-refractivity contribution in [1.82, 2.24) is 14.7 Å². The number of aromatic hydroxyl groups is 1. The first kappa shape index (κ1) is 16.6. The summed E-state index contributed by atoms with van der Waals surface area (Å²) in [4.78, 5) is 2.20. The predicted octanol–water partition coefficient (Wildman–Crippen LogP) is 3.36. The molecule has 0 aliphatic rings. The summed E-state index contributed by atoms with van der Waals surface area (Å²) >= 11 is 0. The SMILES string of the molecule is Cc1c(CN(C)Cc2cccc(C(C)(C)C)c2O)cnn1C. The summed E-state index contributed by atoms with van der Waals surface area (Å²) < 4.78 is 1.89. The zero-order valence-corrected chi connectivity index (χ0v) is 14.5. The molecular weight excluding hydrogens is 274 g/mol. The Bertz CT molecular complexity index is 653. The van der Waals surface area contributed by atoms with Crippen LogP contribution in [0, 0.1) is 6.92 Å². The highest BCUT2D eigenvalue weighted by Crippen LogP contribution is 2.33. The van der Waals surface area contributed by atoms with Gasteiger partial charge in [0.2, 0.25) is 0 Å². The molecule has 1 aromatic carbocycles. The van der Waals surface area contributed by atoms with Crippen molar-refractivity contribution < 1.29 is 5.11 Å². The Labute approximate surface area is 133 Å². The van der Waals surface area contributed by atoms with E-state index in [2.05, 4.69) is 44.7 Å². The lowest BCUT2D eigenvalue weighted by Gasteiger charge is -2.23. The third kappa shape index (κ3) is 3.50. The molecule has 0 atom stereocenters. The van der Waals surface area contributed by atoms with Gasteiger partial charge >= 0.3 is 0 Å². The maximum Gasteiger partial charge on any atom is 0.123 e. The molecule has 4 heteroatoms. The van der Waals surface area contributed by atoms with Crippen LogP contribution in [-0.4, -0.2) is 26.8 Å². The zero-order chi connectivity index (χ0) is 16.5. The third-order valence-electron chi connectivity index (χ3n) is 4.15. The molecule has 0 aliphatic heterocycles. The van der Waals surface area contributed by atoms with Gasteiger partial charge in [0.15, 0.2) is 0 Å². The van der Waals surface area contributed by atoms with E-state index in [0.717, 1.165) is 17.7 Å². The number of rotatable bonds is 4. The lowest BCUT2D eigenvalue weighted by Crippen LogP contribution is -2.19. The molecule has 0 bridgehead atoms. The van der Waals surface area contributed by atoms with Crippen LogP contribution < -0.4 is 0 Å². The van der Waals surface area contributed by atoms with Gasteiger partial charge in [0, 0.05) is 37.0 Å². The lowest BCUT2D eigenvalue weighted by atomic mass is 9.85. The van der Waals surface area contributed by atoms with Gasteiger partial charge in [-0.25, -0.2) is 0 Å². The smallest absolute Gasteiger partial charge is 0.123 e.